The number of carboxylic acids is 1. The van der Waals surface area contributed by atoms with Gasteiger partial charge in [-0.15, -0.1) is 0 Å². The first-order chi connectivity index (χ1) is 8.42. The molecule has 0 unspecified atom stereocenters. The number of nitrogens with two attached hydrogens (primary N) is 1. The Bertz CT molecular complexity index is 311. The summed E-state index contributed by atoms with van der Waals surface area (Å²) in [5.41, 5.74) is 5.49. The Kier molecular flexibility index (Phi) is 8.14. The van der Waals surface area contributed by atoms with Crippen molar-refractivity contribution in [3.05, 3.63) is 0 Å². The van der Waals surface area contributed by atoms with Crippen molar-refractivity contribution < 1.29 is 24.2 Å². The normalized spacial score (nSPS) is 13.5. The van der Waals surface area contributed by atoms with Crippen molar-refractivity contribution in [2.75, 3.05) is 12.4 Å². The number of aliphatic carboxylic acids is 1. The number of carboxylic acid groups (broad SMARTS) is 1. The number of esters is 1. The number of nitrogens with one attached hydrogen (secondary N) is 1. The third-order valence-corrected chi connectivity index (χ3v) is 2.44. The summed E-state index contributed by atoms with van der Waals surface area (Å²) in [7, 11) is 0. The molecule has 0 aliphatic heterocycles. The van der Waals surface area contributed by atoms with Gasteiger partial charge in [-0.1, -0.05) is 0 Å². The lowest BCUT2D eigenvalue weighted by Gasteiger charge is -2.17. The first-order valence-corrected chi connectivity index (χ1v) is 6.10. The molecule has 0 aromatic heterocycles. The topological polar surface area (TPSA) is 119 Å². The first kappa shape index (κ1) is 16.7. The van der Waals surface area contributed by atoms with Crippen molar-refractivity contribution in [3.63, 3.8) is 0 Å². The summed E-state index contributed by atoms with van der Waals surface area (Å²) < 4.78 is 4.74. The number of hydrogen-bond acceptors (Lipinski definition) is 6. The van der Waals surface area contributed by atoms with Crippen LogP contribution in [0.25, 0.3) is 0 Å². The minimum absolute atomic E-state index is 0.00326. The maximum absolute atomic E-state index is 11.6. The number of carbonyl (C=O) groups is 3. The summed E-state index contributed by atoms with van der Waals surface area (Å²) in [6.07, 6.45) is -0.206. The highest BCUT2D eigenvalue weighted by Crippen LogP contribution is 1.98. The van der Waals surface area contributed by atoms with Crippen LogP contribution in [-0.4, -0.2) is 47.4 Å². The van der Waals surface area contributed by atoms with Gasteiger partial charge in [0, 0.05) is 12.2 Å². The second kappa shape index (κ2) is 8.76. The highest BCUT2D eigenvalue weighted by atomic mass is 32.1. The van der Waals surface area contributed by atoms with Gasteiger partial charge in [0.1, 0.15) is 6.04 Å². The van der Waals surface area contributed by atoms with E-state index in [0.717, 1.165) is 0 Å². The Hall–Kier alpha value is -1.28. The molecular formula is C10H18N2O5S. The van der Waals surface area contributed by atoms with Gasteiger partial charge in [-0.25, -0.2) is 4.79 Å². The van der Waals surface area contributed by atoms with Crippen LogP contribution in [0.1, 0.15) is 19.8 Å². The van der Waals surface area contributed by atoms with E-state index in [2.05, 4.69) is 17.9 Å². The van der Waals surface area contributed by atoms with E-state index in [1.165, 1.54) is 0 Å². The second-order valence-electron chi connectivity index (χ2n) is 3.53. The standard InChI is InChI=1S/C10H18N2O5S/c1-2-17-10(16)7(5-18)12-9(15)6(11)3-4-8(13)14/h6-7,18H,2-5,11H2,1H3,(H,12,15)(H,13,14)/t6-,7+/m1/s1. The van der Waals surface area contributed by atoms with Crippen molar-refractivity contribution in [2.45, 2.75) is 31.8 Å². The van der Waals surface area contributed by atoms with Crippen LogP contribution in [0.15, 0.2) is 0 Å². The highest BCUT2D eigenvalue weighted by molar-refractivity contribution is 7.80. The van der Waals surface area contributed by atoms with Crippen LogP contribution in [0.5, 0.6) is 0 Å². The molecule has 0 saturated heterocycles. The molecule has 0 aliphatic rings. The number of hydrogen-bond donors (Lipinski definition) is 4. The van der Waals surface area contributed by atoms with E-state index in [0.29, 0.717) is 0 Å². The fourth-order valence-corrected chi connectivity index (χ4v) is 1.35. The van der Waals surface area contributed by atoms with E-state index in [1.807, 2.05) is 0 Å². The van der Waals surface area contributed by atoms with Gasteiger partial charge < -0.3 is 20.9 Å². The third kappa shape index (κ3) is 6.45. The number of ether oxygens (including phenoxy) is 1. The van der Waals surface area contributed by atoms with Crippen LogP contribution in [0.3, 0.4) is 0 Å². The molecule has 2 atom stereocenters. The number of carbonyl (C=O) groups excluding carboxylic acids is 2. The van der Waals surface area contributed by atoms with Crippen molar-refractivity contribution in [1.82, 2.24) is 5.32 Å². The van der Waals surface area contributed by atoms with Gasteiger partial charge in [0.25, 0.3) is 0 Å². The average Bonchev–Trinajstić information content (AvgIpc) is 2.32. The Labute approximate surface area is 110 Å². The summed E-state index contributed by atoms with van der Waals surface area (Å²) in [6, 6.07) is -1.85. The minimum atomic E-state index is -1.03. The second-order valence-corrected chi connectivity index (χ2v) is 3.90. The molecule has 0 aliphatic carbocycles. The zero-order chi connectivity index (χ0) is 14.1. The van der Waals surface area contributed by atoms with E-state index in [-0.39, 0.29) is 25.2 Å². The molecule has 7 nitrogen and oxygen atoms in total. The quantitative estimate of drug-likeness (QED) is 0.339. The molecule has 0 bridgehead atoms. The highest BCUT2D eigenvalue weighted by Gasteiger charge is 2.23. The molecule has 0 aromatic carbocycles. The molecule has 0 rings (SSSR count). The summed E-state index contributed by atoms with van der Waals surface area (Å²) in [5, 5.41) is 10.8. The predicted octanol–water partition coefficient (Wildman–Crippen LogP) is -0.844. The van der Waals surface area contributed by atoms with Crippen molar-refractivity contribution in [3.8, 4) is 0 Å². The van der Waals surface area contributed by atoms with Crippen LogP contribution in [-0.2, 0) is 19.1 Å². The monoisotopic (exact) mass is 278 g/mol. The van der Waals surface area contributed by atoms with Crippen LogP contribution in [0, 0.1) is 0 Å². The molecular weight excluding hydrogens is 260 g/mol. The zero-order valence-electron chi connectivity index (χ0n) is 10.1. The molecule has 0 spiro atoms. The molecule has 104 valence electrons. The molecule has 0 fully saturated rings. The smallest absolute Gasteiger partial charge is 0.329 e. The fraction of sp³-hybridized carbons (Fsp3) is 0.700. The SMILES string of the molecule is CCOC(=O)[C@H](CS)NC(=O)[C@H](N)CCC(=O)O. The minimum Gasteiger partial charge on any atom is -0.481 e. The lowest BCUT2D eigenvalue weighted by atomic mass is 10.1. The van der Waals surface area contributed by atoms with Crippen molar-refractivity contribution >= 4 is 30.5 Å². The molecule has 4 N–H and O–H groups in total. The number of rotatable bonds is 8. The molecule has 0 heterocycles. The van der Waals surface area contributed by atoms with Crippen LogP contribution in [0.2, 0.25) is 0 Å². The van der Waals surface area contributed by atoms with Gasteiger partial charge in [0.05, 0.1) is 12.6 Å². The van der Waals surface area contributed by atoms with Gasteiger partial charge in [-0.2, -0.15) is 12.6 Å². The number of amides is 1. The lowest BCUT2D eigenvalue weighted by Crippen LogP contribution is -2.49. The van der Waals surface area contributed by atoms with Crippen LogP contribution in [0.4, 0.5) is 0 Å². The molecule has 0 aromatic rings. The van der Waals surface area contributed by atoms with Crippen molar-refractivity contribution in [1.29, 1.82) is 0 Å². The zero-order valence-corrected chi connectivity index (χ0v) is 11.0. The Morgan fingerprint density at radius 3 is 2.50 bits per heavy atom. The summed E-state index contributed by atoms with van der Waals surface area (Å²) in [4.78, 5) is 33.3. The Morgan fingerprint density at radius 1 is 1.44 bits per heavy atom. The number of thiol groups is 1. The van der Waals surface area contributed by atoms with E-state index >= 15 is 0 Å². The summed E-state index contributed by atoms with van der Waals surface area (Å²) in [6.45, 7) is 1.85. The Morgan fingerprint density at radius 2 is 2.06 bits per heavy atom. The fourth-order valence-electron chi connectivity index (χ4n) is 1.11. The molecule has 8 heteroatoms. The largest absolute Gasteiger partial charge is 0.481 e. The van der Waals surface area contributed by atoms with Gasteiger partial charge in [0.15, 0.2) is 0 Å². The van der Waals surface area contributed by atoms with E-state index in [4.69, 9.17) is 15.6 Å². The lowest BCUT2D eigenvalue weighted by molar-refractivity contribution is -0.147. The van der Waals surface area contributed by atoms with E-state index in [9.17, 15) is 14.4 Å². The maximum atomic E-state index is 11.6. The molecule has 18 heavy (non-hydrogen) atoms. The summed E-state index contributed by atoms with van der Waals surface area (Å²) in [5.74, 6) is -2.14. The average molecular weight is 278 g/mol. The summed E-state index contributed by atoms with van der Waals surface area (Å²) >= 11 is 3.93. The Balaban J connectivity index is 4.25. The first-order valence-electron chi connectivity index (χ1n) is 5.47. The van der Waals surface area contributed by atoms with Crippen molar-refractivity contribution in [2.24, 2.45) is 5.73 Å². The maximum Gasteiger partial charge on any atom is 0.329 e. The van der Waals surface area contributed by atoms with Crippen LogP contribution >= 0.6 is 12.6 Å². The van der Waals surface area contributed by atoms with Crippen LogP contribution < -0.4 is 11.1 Å². The predicted molar refractivity (Wildman–Crippen MR) is 67.3 cm³/mol. The van der Waals surface area contributed by atoms with Gasteiger partial charge >= 0.3 is 11.9 Å². The van der Waals surface area contributed by atoms with Gasteiger partial charge in [-0.3, -0.25) is 9.59 Å². The van der Waals surface area contributed by atoms with Gasteiger partial charge in [0.2, 0.25) is 5.91 Å². The van der Waals surface area contributed by atoms with Gasteiger partial charge in [-0.05, 0) is 13.3 Å². The molecule has 0 radical (unpaired) electrons. The van der Waals surface area contributed by atoms with E-state index < -0.39 is 29.9 Å². The molecule has 1 amide bonds. The molecule has 0 saturated carbocycles. The van der Waals surface area contributed by atoms with E-state index in [1.54, 1.807) is 6.92 Å². The third-order valence-electron chi connectivity index (χ3n) is 2.08.